The first-order valence-corrected chi connectivity index (χ1v) is 7.33. The topological polar surface area (TPSA) is 64.3 Å². The van der Waals surface area contributed by atoms with E-state index in [0.717, 1.165) is 37.5 Å². The third-order valence-electron chi connectivity index (χ3n) is 3.75. The molecule has 0 saturated carbocycles. The molecule has 1 fully saturated rings. The van der Waals surface area contributed by atoms with E-state index in [1.54, 1.807) is 12.3 Å². The monoisotopic (exact) mass is 284 g/mol. The SMILES string of the molecule is Nc1ccnc(C2CCCN2CCOc2ccccc2)n1. The van der Waals surface area contributed by atoms with E-state index in [1.807, 2.05) is 30.3 Å². The number of rotatable bonds is 5. The molecule has 0 amide bonds. The Morgan fingerprint density at radius 2 is 2.10 bits per heavy atom. The highest BCUT2D eigenvalue weighted by atomic mass is 16.5. The molecule has 5 nitrogen and oxygen atoms in total. The summed E-state index contributed by atoms with van der Waals surface area (Å²) in [4.78, 5) is 11.1. The van der Waals surface area contributed by atoms with Gasteiger partial charge in [-0.05, 0) is 37.6 Å². The summed E-state index contributed by atoms with van der Waals surface area (Å²) in [5.41, 5.74) is 5.75. The summed E-state index contributed by atoms with van der Waals surface area (Å²) in [6, 6.07) is 11.9. The second-order valence-corrected chi connectivity index (χ2v) is 5.20. The van der Waals surface area contributed by atoms with Crippen LogP contribution in [0.3, 0.4) is 0 Å². The molecule has 1 atom stereocenters. The molecule has 0 spiro atoms. The van der Waals surface area contributed by atoms with Crippen LogP contribution in [0.4, 0.5) is 5.82 Å². The van der Waals surface area contributed by atoms with Gasteiger partial charge in [0.05, 0.1) is 6.04 Å². The van der Waals surface area contributed by atoms with Crippen molar-refractivity contribution in [3.8, 4) is 5.75 Å². The maximum atomic E-state index is 5.77. The first-order chi connectivity index (χ1) is 10.3. The molecule has 2 N–H and O–H groups in total. The maximum absolute atomic E-state index is 5.77. The fraction of sp³-hybridized carbons (Fsp3) is 0.375. The van der Waals surface area contributed by atoms with Crippen LogP contribution in [0.15, 0.2) is 42.6 Å². The summed E-state index contributed by atoms with van der Waals surface area (Å²) >= 11 is 0. The Morgan fingerprint density at radius 3 is 2.90 bits per heavy atom. The Hall–Kier alpha value is -2.14. The molecule has 5 heteroatoms. The van der Waals surface area contributed by atoms with Crippen molar-refractivity contribution >= 4 is 5.82 Å². The van der Waals surface area contributed by atoms with Gasteiger partial charge in [-0.1, -0.05) is 18.2 Å². The molecule has 1 aromatic carbocycles. The van der Waals surface area contributed by atoms with Gasteiger partial charge in [-0.25, -0.2) is 9.97 Å². The zero-order valence-corrected chi connectivity index (χ0v) is 12.0. The zero-order chi connectivity index (χ0) is 14.5. The lowest BCUT2D eigenvalue weighted by Crippen LogP contribution is -2.29. The van der Waals surface area contributed by atoms with Gasteiger partial charge in [0.2, 0.25) is 0 Å². The van der Waals surface area contributed by atoms with Crippen molar-refractivity contribution in [2.24, 2.45) is 0 Å². The number of nitrogens with zero attached hydrogens (tertiary/aromatic N) is 3. The summed E-state index contributed by atoms with van der Waals surface area (Å²) in [5, 5.41) is 0. The highest BCUT2D eigenvalue weighted by Gasteiger charge is 2.27. The second-order valence-electron chi connectivity index (χ2n) is 5.20. The minimum atomic E-state index is 0.257. The Balaban J connectivity index is 1.57. The van der Waals surface area contributed by atoms with Gasteiger partial charge < -0.3 is 10.5 Å². The second kappa shape index (κ2) is 6.54. The Kier molecular flexibility index (Phi) is 4.31. The van der Waals surface area contributed by atoms with Crippen LogP contribution in [-0.2, 0) is 0 Å². The van der Waals surface area contributed by atoms with Gasteiger partial charge in [0.15, 0.2) is 0 Å². The van der Waals surface area contributed by atoms with Crippen LogP contribution in [0.5, 0.6) is 5.75 Å². The number of ether oxygens (including phenoxy) is 1. The number of likely N-dealkylation sites (tertiary alicyclic amines) is 1. The zero-order valence-electron chi connectivity index (χ0n) is 12.0. The molecule has 3 rings (SSSR count). The minimum Gasteiger partial charge on any atom is -0.492 e. The van der Waals surface area contributed by atoms with E-state index >= 15 is 0 Å². The van der Waals surface area contributed by atoms with Gasteiger partial charge in [-0.15, -0.1) is 0 Å². The predicted octanol–water partition coefficient (Wildman–Crippen LogP) is 2.27. The van der Waals surface area contributed by atoms with Crippen molar-refractivity contribution in [2.75, 3.05) is 25.4 Å². The molecule has 1 aliphatic heterocycles. The normalized spacial score (nSPS) is 18.8. The van der Waals surface area contributed by atoms with Crippen LogP contribution in [0, 0.1) is 0 Å². The lowest BCUT2D eigenvalue weighted by Gasteiger charge is -2.23. The van der Waals surface area contributed by atoms with Crippen LogP contribution >= 0.6 is 0 Å². The van der Waals surface area contributed by atoms with E-state index in [-0.39, 0.29) is 6.04 Å². The largest absolute Gasteiger partial charge is 0.492 e. The lowest BCUT2D eigenvalue weighted by molar-refractivity contribution is 0.193. The molecule has 2 aromatic rings. The number of hydrogen-bond acceptors (Lipinski definition) is 5. The van der Waals surface area contributed by atoms with Gasteiger partial charge in [-0.2, -0.15) is 0 Å². The Morgan fingerprint density at radius 1 is 1.24 bits per heavy atom. The number of nitrogen functional groups attached to an aromatic ring is 1. The van der Waals surface area contributed by atoms with Gasteiger partial charge in [-0.3, -0.25) is 4.90 Å². The summed E-state index contributed by atoms with van der Waals surface area (Å²) in [6.07, 6.45) is 3.97. The van der Waals surface area contributed by atoms with Gasteiger partial charge in [0.25, 0.3) is 0 Å². The molecule has 1 aromatic heterocycles. The Labute approximate surface area is 124 Å². The number of anilines is 1. The molecule has 0 bridgehead atoms. The number of aromatic nitrogens is 2. The third-order valence-corrected chi connectivity index (χ3v) is 3.75. The molecule has 110 valence electrons. The molecule has 2 heterocycles. The van der Waals surface area contributed by atoms with Crippen molar-refractivity contribution in [1.82, 2.24) is 14.9 Å². The van der Waals surface area contributed by atoms with E-state index < -0.39 is 0 Å². The molecule has 1 unspecified atom stereocenters. The summed E-state index contributed by atoms with van der Waals surface area (Å²) in [7, 11) is 0. The van der Waals surface area contributed by atoms with E-state index in [4.69, 9.17) is 10.5 Å². The summed E-state index contributed by atoms with van der Waals surface area (Å²) in [5.74, 6) is 2.27. The van der Waals surface area contributed by atoms with Crippen molar-refractivity contribution in [2.45, 2.75) is 18.9 Å². The highest BCUT2D eigenvalue weighted by Crippen LogP contribution is 2.29. The van der Waals surface area contributed by atoms with Crippen LogP contribution in [0.2, 0.25) is 0 Å². The average molecular weight is 284 g/mol. The molecule has 0 aliphatic carbocycles. The lowest BCUT2D eigenvalue weighted by atomic mass is 10.2. The maximum Gasteiger partial charge on any atom is 0.147 e. The summed E-state index contributed by atoms with van der Waals surface area (Å²) < 4.78 is 5.77. The number of nitrogens with two attached hydrogens (primary N) is 1. The highest BCUT2D eigenvalue weighted by molar-refractivity contribution is 5.26. The Bertz CT molecular complexity index is 575. The van der Waals surface area contributed by atoms with Crippen LogP contribution < -0.4 is 10.5 Å². The molecule has 21 heavy (non-hydrogen) atoms. The number of para-hydroxylation sites is 1. The molecule has 0 radical (unpaired) electrons. The van der Waals surface area contributed by atoms with E-state index in [2.05, 4.69) is 14.9 Å². The van der Waals surface area contributed by atoms with Crippen LogP contribution in [-0.4, -0.2) is 34.6 Å². The van der Waals surface area contributed by atoms with Gasteiger partial charge >= 0.3 is 0 Å². The van der Waals surface area contributed by atoms with Crippen molar-refractivity contribution < 1.29 is 4.74 Å². The summed E-state index contributed by atoms with van der Waals surface area (Å²) in [6.45, 7) is 2.60. The van der Waals surface area contributed by atoms with E-state index in [0.29, 0.717) is 12.4 Å². The van der Waals surface area contributed by atoms with Crippen molar-refractivity contribution in [1.29, 1.82) is 0 Å². The predicted molar refractivity (Wildman–Crippen MR) is 81.9 cm³/mol. The quantitative estimate of drug-likeness (QED) is 0.912. The third kappa shape index (κ3) is 3.49. The van der Waals surface area contributed by atoms with E-state index in [9.17, 15) is 0 Å². The number of hydrogen-bond donors (Lipinski definition) is 1. The van der Waals surface area contributed by atoms with Gasteiger partial charge in [0, 0.05) is 12.7 Å². The van der Waals surface area contributed by atoms with Crippen LogP contribution in [0.1, 0.15) is 24.7 Å². The van der Waals surface area contributed by atoms with Crippen molar-refractivity contribution in [3.63, 3.8) is 0 Å². The molecule has 1 saturated heterocycles. The number of benzene rings is 1. The fourth-order valence-electron chi connectivity index (χ4n) is 2.73. The van der Waals surface area contributed by atoms with Crippen molar-refractivity contribution in [3.05, 3.63) is 48.4 Å². The van der Waals surface area contributed by atoms with Crippen LogP contribution in [0.25, 0.3) is 0 Å². The fourth-order valence-corrected chi connectivity index (χ4v) is 2.73. The minimum absolute atomic E-state index is 0.257. The first-order valence-electron chi connectivity index (χ1n) is 7.33. The first kappa shape index (κ1) is 13.8. The average Bonchev–Trinajstić information content (AvgIpc) is 2.97. The standard InChI is InChI=1S/C16H20N4O/c17-15-8-9-18-16(19-15)14-7-4-10-20(14)11-12-21-13-5-2-1-3-6-13/h1-3,5-6,8-9,14H,4,7,10-12H2,(H2,17,18,19). The molecular formula is C16H20N4O. The van der Waals surface area contributed by atoms with E-state index in [1.165, 1.54) is 0 Å². The van der Waals surface area contributed by atoms with Gasteiger partial charge in [0.1, 0.15) is 24.0 Å². The molecular weight excluding hydrogens is 264 g/mol. The smallest absolute Gasteiger partial charge is 0.147 e. The molecule has 1 aliphatic rings.